The number of rotatable bonds is 8. The number of thiol groups is 1. The smallest absolute Gasteiger partial charge is 0.152 e. The van der Waals surface area contributed by atoms with Crippen LogP contribution < -0.4 is 5.73 Å². The molecule has 0 saturated carbocycles. The normalized spacial score (nSPS) is 21.6. The Hall–Kier alpha value is -0.0200. The summed E-state index contributed by atoms with van der Waals surface area (Å²) >= 11 is 4.86. The van der Waals surface area contributed by atoms with Gasteiger partial charge in [0.25, 0.3) is 0 Å². The van der Waals surface area contributed by atoms with Gasteiger partial charge in [0.05, 0.1) is 6.04 Å². The Balaban J connectivity index is 5.50. The third-order valence-corrected chi connectivity index (χ3v) is 5.65. The van der Waals surface area contributed by atoms with E-state index in [-0.39, 0.29) is 21.9 Å². The van der Waals surface area contributed by atoms with Gasteiger partial charge in [-0.3, -0.25) is 4.79 Å². The van der Waals surface area contributed by atoms with Crippen LogP contribution in [0.25, 0.3) is 0 Å². The van der Waals surface area contributed by atoms with Gasteiger partial charge in [-0.1, -0.05) is 54.9 Å². The average Bonchev–Trinajstić information content (AvgIpc) is 2.36. The van der Waals surface area contributed by atoms with Crippen molar-refractivity contribution in [1.29, 1.82) is 0 Å². The second-order valence-corrected chi connectivity index (χ2v) is 7.59. The molecule has 0 aliphatic heterocycles. The van der Waals surface area contributed by atoms with Crippen molar-refractivity contribution in [3.8, 4) is 0 Å². The molecule has 0 bridgehead atoms. The SMILES string of the molecule is CCC(C(C)(S)CC)C(C)(CC)C(N)C(=O)C(C)C. The van der Waals surface area contributed by atoms with Crippen molar-refractivity contribution in [2.45, 2.75) is 78.5 Å². The molecular formula is C16H33NOS. The molecule has 0 aromatic carbocycles. The number of nitrogens with two attached hydrogens (primary N) is 1. The number of ketones is 1. The molecule has 0 aliphatic rings. The van der Waals surface area contributed by atoms with Gasteiger partial charge in [-0.05, 0) is 24.2 Å². The van der Waals surface area contributed by atoms with Gasteiger partial charge >= 0.3 is 0 Å². The molecule has 0 aromatic heterocycles. The van der Waals surface area contributed by atoms with E-state index in [1.165, 1.54) is 0 Å². The van der Waals surface area contributed by atoms with Gasteiger partial charge in [-0.15, -0.1) is 0 Å². The number of carbonyl (C=O) groups excluding carboxylic acids is 1. The molecule has 2 N–H and O–H groups in total. The molecule has 3 heteroatoms. The van der Waals surface area contributed by atoms with Crippen LogP contribution in [0.5, 0.6) is 0 Å². The zero-order valence-corrected chi connectivity index (χ0v) is 14.7. The average molecular weight is 288 g/mol. The lowest BCUT2D eigenvalue weighted by atomic mass is 9.62. The Morgan fingerprint density at radius 2 is 1.63 bits per heavy atom. The third kappa shape index (κ3) is 3.98. The quantitative estimate of drug-likeness (QED) is 0.661. The van der Waals surface area contributed by atoms with Gasteiger partial charge in [-0.2, -0.15) is 12.6 Å². The van der Waals surface area contributed by atoms with Crippen LogP contribution in [-0.2, 0) is 4.79 Å². The first kappa shape index (κ1) is 19.0. The molecule has 4 unspecified atom stereocenters. The Kier molecular flexibility index (Phi) is 7.11. The second kappa shape index (κ2) is 7.12. The molecule has 0 saturated heterocycles. The van der Waals surface area contributed by atoms with Gasteiger partial charge in [0, 0.05) is 10.7 Å². The lowest BCUT2D eigenvalue weighted by Crippen LogP contribution is -2.55. The van der Waals surface area contributed by atoms with E-state index < -0.39 is 6.04 Å². The summed E-state index contributed by atoms with van der Waals surface area (Å²) in [7, 11) is 0. The van der Waals surface area contributed by atoms with Gasteiger partial charge in [-0.25, -0.2) is 0 Å². The monoisotopic (exact) mass is 287 g/mol. The molecule has 0 spiro atoms. The highest BCUT2D eigenvalue weighted by molar-refractivity contribution is 7.81. The first-order chi connectivity index (χ1) is 8.58. The Morgan fingerprint density at radius 3 is 1.89 bits per heavy atom. The standard InChI is InChI=1S/C16H33NOS/c1-8-12(16(7,19)10-3)15(6,9-2)14(17)13(18)11(4)5/h11-12,14,19H,8-10,17H2,1-7H3. The van der Waals surface area contributed by atoms with Crippen LogP contribution in [0.3, 0.4) is 0 Å². The van der Waals surface area contributed by atoms with Crippen molar-refractivity contribution in [1.82, 2.24) is 0 Å². The van der Waals surface area contributed by atoms with Gasteiger partial charge in [0.2, 0.25) is 0 Å². The Morgan fingerprint density at radius 1 is 1.16 bits per heavy atom. The van der Waals surface area contributed by atoms with E-state index in [4.69, 9.17) is 18.4 Å². The fraction of sp³-hybridized carbons (Fsp3) is 0.938. The predicted octanol–water partition coefficient (Wildman–Crippen LogP) is 4.08. The van der Waals surface area contributed by atoms with Crippen LogP contribution in [0, 0.1) is 17.3 Å². The topological polar surface area (TPSA) is 43.1 Å². The summed E-state index contributed by atoms with van der Waals surface area (Å²) in [5.41, 5.74) is 6.16. The predicted molar refractivity (Wildman–Crippen MR) is 87.7 cm³/mol. The molecule has 0 heterocycles. The summed E-state index contributed by atoms with van der Waals surface area (Å²) in [5.74, 6) is 0.491. The molecule has 2 nitrogen and oxygen atoms in total. The fourth-order valence-corrected chi connectivity index (χ4v) is 3.71. The highest BCUT2D eigenvalue weighted by atomic mass is 32.1. The highest BCUT2D eigenvalue weighted by Crippen LogP contribution is 2.47. The summed E-state index contributed by atoms with van der Waals surface area (Å²) in [5, 5.41) is 0. The largest absolute Gasteiger partial charge is 0.321 e. The summed E-state index contributed by atoms with van der Waals surface area (Å²) < 4.78 is -0.0889. The van der Waals surface area contributed by atoms with E-state index in [0.29, 0.717) is 5.92 Å². The second-order valence-electron chi connectivity index (χ2n) is 6.57. The summed E-state index contributed by atoms with van der Waals surface area (Å²) in [4.78, 5) is 12.3. The van der Waals surface area contributed by atoms with E-state index in [0.717, 1.165) is 19.3 Å². The maximum atomic E-state index is 12.3. The Bertz CT molecular complexity index is 301. The summed E-state index contributed by atoms with van der Waals surface area (Å²) in [6, 6.07) is -0.402. The first-order valence-corrected chi connectivity index (χ1v) is 8.04. The molecule has 114 valence electrons. The van der Waals surface area contributed by atoms with E-state index in [9.17, 15) is 4.79 Å². The van der Waals surface area contributed by atoms with E-state index in [2.05, 4.69) is 34.6 Å². The molecule has 0 aliphatic carbocycles. The van der Waals surface area contributed by atoms with E-state index in [1.54, 1.807) is 0 Å². The molecular weight excluding hydrogens is 254 g/mol. The minimum Gasteiger partial charge on any atom is -0.321 e. The molecule has 19 heavy (non-hydrogen) atoms. The van der Waals surface area contributed by atoms with Crippen LogP contribution in [0.15, 0.2) is 0 Å². The number of carbonyl (C=O) groups is 1. The van der Waals surface area contributed by atoms with Crippen molar-refractivity contribution in [3.63, 3.8) is 0 Å². The zero-order chi connectivity index (χ0) is 15.4. The minimum absolute atomic E-state index is 0.00817. The highest BCUT2D eigenvalue weighted by Gasteiger charge is 2.47. The molecule has 0 amide bonds. The van der Waals surface area contributed by atoms with E-state index in [1.807, 2.05) is 13.8 Å². The lowest BCUT2D eigenvalue weighted by molar-refractivity contribution is -0.127. The maximum absolute atomic E-state index is 12.3. The van der Waals surface area contributed by atoms with Crippen LogP contribution in [0.2, 0.25) is 0 Å². The van der Waals surface area contributed by atoms with Crippen molar-refractivity contribution >= 4 is 18.4 Å². The van der Waals surface area contributed by atoms with Crippen molar-refractivity contribution in [3.05, 3.63) is 0 Å². The number of hydrogen-bond donors (Lipinski definition) is 2. The Labute approximate surface area is 125 Å². The number of hydrogen-bond acceptors (Lipinski definition) is 3. The van der Waals surface area contributed by atoms with Gasteiger partial charge in [0.15, 0.2) is 5.78 Å². The fourth-order valence-electron chi connectivity index (χ4n) is 3.23. The van der Waals surface area contributed by atoms with Crippen molar-refractivity contribution in [2.24, 2.45) is 23.0 Å². The van der Waals surface area contributed by atoms with Gasteiger partial charge < -0.3 is 5.73 Å². The minimum atomic E-state index is -0.402. The molecule has 0 fully saturated rings. The lowest BCUT2D eigenvalue weighted by Gasteiger charge is -2.48. The van der Waals surface area contributed by atoms with Crippen LogP contribution in [0.4, 0.5) is 0 Å². The van der Waals surface area contributed by atoms with Crippen LogP contribution >= 0.6 is 12.6 Å². The summed E-state index contributed by atoms with van der Waals surface area (Å²) in [6.07, 6.45) is 2.88. The van der Waals surface area contributed by atoms with Crippen molar-refractivity contribution < 1.29 is 4.79 Å². The van der Waals surface area contributed by atoms with Crippen LogP contribution in [-0.4, -0.2) is 16.6 Å². The third-order valence-electron chi connectivity index (χ3n) is 5.02. The molecule has 0 rings (SSSR count). The maximum Gasteiger partial charge on any atom is 0.152 e. The van der Waals surface area contributed by atoms with Gasteiger partial charge in [0.1, 0.15) is 0 Å². The van der Waals surface area contributed by atoms with Crippen molar-refractivity contribution in [2.75, 3.05) is 0 Å². The first-order valence-electron chi connectivity index (χ1n) is 7.60. The van der Waals surface area contributed by atoms with E-state index >= 15 is 0 Å². The molecule has 0 radical (unpaired) electrons. The number of Topliss-reactive ketones (excluding diaryl/α,β-unsaturated/α-hetero) is 1. The summed E-state index contributed by atoms with van der Waals surface area (Å²) in [6.45, 7) is 14.7. The van der Waals surface area contributed by atoms with Crippen LogP contribution in [0.1, 0.15) is 67.7 Å². The molecule has 0 aromatic rings. The molecule has 4 atom stereocenters. The zero-order valence-electron chi connectivity index (χ0n) is 13.8.